The van der Waals surface area contributed by atoms with E-state index < -0.39 is 0 Å². The van der Waals surface area contributed by atoms with Crippen molar-refractivity contribution in [2.24, 2.45) is 0 Å². The van der Waals surface area contributed by atoms with Gasteiger partial charge in [0.2, 0.25) is 0 Å². The molecule has 0 bridgehead atoms. The Bertz CT molecular complexity index is 174. The predicted molar refractivity (Wildman–Crippen MR) is 57.2 cm³/mol. The highest BCUT2D eigenvalue weighted by Crippen LogP contribution is 2.01. The van der Waals surface area contributed by atoms with Crippen molar-refractivity contribution in [1.82, 2.24) is 10.2 Å². The molecule has 0 aromatic rings. The molecule has 4 nitrogen and oxygen atoms in total. The second kappa shape index (κ2) is 6.79. The van der Waals surface area contributed by atoms with Crippen LogP contribution in [0.3, 0.4) is 0 Å². The minimum atomic E-state index is -0.237. The lowest BCUT2D eigenvalue weighted by molar-refractivity contribution is -0.143. The van der Waals surface area contributed by atoms with Crippen LogP contribution in [0.4, 0.5) is 0 Å². The lowest BCUT2D eigenvalue weighted by Crippen LogP contribution is -2.46. The molecule has 4 heteroatoms. The van der Waals surface area contributed by atoms with Crippen molar-refractivity contribution in [2.75, 3.05) is 27.7 Å². The lowest BCUT2D eigenvalue weighted by atomic mass is 10.2. The summed E-state index contributed by atoms with van der Waals surface area (Å²) in [5.74, 6) is -0.206. The van der Waals surface area contributed by atoms with Crippen molar-refractivity contribution in [3.05, 3.63) is 0 Å². The van der Waals surface area contributed by atoms with E-state index in [4.69, 9.17) is 0 Å². The Morgan fingerprint density at radius 2 is 2.14 bits per heavy atom. The van der Waals surface area contributed by atoms with Gasteiger partial charge in [-0.05, 0) is 27.4 Å². The molecule has 84 valence electrons. The molecule has 0 aliphatic carbocycles. The Kier molecular flexibility index (Phi) is 6.49. The summed E-state index contributed by atoms with van der Waals surface area (Å²) in [5.41, 5.74) is 0. The van der Waals surface area contributed by atoms with Gasteiger partial charge in [-0.2, -0.15) is 0 Å². The van der Waals surface area contributed by atoms with E-state index in [0.29, 0.717) is 12.6 Å². The monoisotopic (exact) mass is 202 g/mol. The van der Waals surface area contributed by atoms with Crippen molar-refractivity contribution in [2.45, 2.75) is 32.4 Å². The normalized spacial score (nSPS) is 15.3. The van der Waals surface area contributed by atoms with Crippen LogP contribution in [0, 0.1) is 0 Å². The highest BCUT2D eigenvalue weighted by molar-refractivity contribution is 5.75. The molecule has 0 fully saturated rings. The maximum atomic E-state index is 11.3. The number of methoxy groups -OCH3 is 1. The van der Waals surface area contributed by atoms with Crippen molar-refractivity contribution < 1.29 is 9.53 Å². The summed E-state index contributed by atoms with van der Waals surface area (Å²) in [6.45, 7) is 4.95. The number of hydrogen-bond donors (Lipinski definition) is 1. The van der Waals surface area contributed by atoms with Crippen LogP contribution in [0.5, 0.6) is 0 Å². The van der Waals surface area contributed by atoms with E-state index >= 15 is 0 Å². The number of carbonyl (C=O) groups is 1. The summed E-state index contributed by atoms with van der Waals surface area (Å²) in [4.78, 5) is 13.4. The quantitative estimate of drug-likeness (QED) is 0.636. The second-order valence-electron chi connectivity index (χ2n) is 3.56. The first-order chi connectivity index (χ1) is 6.56. The van der Waals surface area contributed by atoms with Gasteiger partial charge in [0.05, 0.1) is 7.11 Å². The van der Waals surface area contributed by atoms with E-state index in [1.807, 2.05) is 7.05 Å². The number of ether oxygens (including phenoxy) is 1. The average Bonchev–Trinajstić information content (AvgIpc) is 2.22. The third kappa shape index (κ3) is 4.07. The zero-order valence-corrected chi connectivity index (χ0v) is 9.83. The van der Waals surface area contributed by atoms with Crippen LogP contribution in [0.25, 0.3) is 0 Å². The summed E-state index contributed by atoms with van der Waals surface area (Å²) in [7, 11) is 5.20. The van der Waals surface area contributed by atoms with Crippen LogP contribution >= 0.6 is 0 Å². The van der Waals surface area contributed by atoms with Crippen LogP contribution < -0.4 is 5.32 Å². The number of carbonyl (C=O) groups excluding carboxylic acids is 1. The Morgan fingerprint density at radius 1 is 1.57 bits per heavy atom. The maximum Gasteiger partial charge on any atom is 0.324 e. The Labute approximate surface area is 86.6 Å². The van der Waals surface area contributed by atoms with Crippen LogP contribution in [0.2, 0.25) is 0 Å². The summed E-state index contributed by atoms with van der Waals surface area (Å²) in [5, 5.41) is 2.95. The minimum absolute atomic E-state index is 0.206. The molecule has 0 saturated carbocycles. The molecule has 0 aliphatic rings. The number of esters is 1. The molecule has 0 heterocycles. The van der Waals surface area contributed by atoms with Crippen molar-refractivity contribution >= 4 is 5.97 Å². The van der Waals surface area contributed by atoms with Crippen LogP contribution in [0.15, 0.2) is 0 Å². The molecule has 0 amide bonds. The van der Waals surface area contributed by atoms with Crippen molar-refractivity contribution in [1.29, 1.82) is 0 Å². The van der Waals surface area contributed by atoms with Gasteiger partial charge in [-0.15, -0.1) is 0 Å². The van der Waals surface area contributed by atoms with Crippen molar-refractivity contribution in [3.63, 3.8) is 0 Å². The molecule has 0 aromatic carbocycles. The first kappa shape index (κ1) is 13.4. The standard InChI is InChI=1S/C10H22N2O2/c1-6-8(2)12(4)7-9(11-3)10(13)14-5/h8-9,11H,6-7H2,1-5H3. The number of nitrogens with one attached hydrogen (secondary N) is 1. The van der Waals surface area contributed by atoms with Gasteiger partial charge in [-0.1, -0.05) is 6.92 Å². The van der Waals surface area contributed by atoms with Gasteiger partial charge in [-0.3, -0.25) is 4.79 Å². The van der Waals surface area contributed by atoms with Gasteiger partial charge < -0.3 is 15.0 Å². The molecule has 0 aliphatic heterocycles. The third-order valence-electron chi connectivity index (χ3n) is 2.65. The van der Waals surface area contributed by atoms with E-state index in [2.05, 4.69) is 28.8 Å². The molecule has 0 spiro atoms. The second-order valence-corrected chi connectivity index (χ2v) is 3.56. The topological polar surface area (TPSA) is 41.6 Å². The Morgan fingerprint density at radius 3 is 2.50 bits per heavy atom. The zero-order chi connectivity index (χ0) is 11.1. The molecular formula is C10H22N2O2. The number of likely N-dealkylation sites (N-methyl/N-ethyl adjacent to an activating group) is 2. The molecule has 2 unspecified atom stereocenters. The van der Waals surface area contributed by atoms with Gasteiger partial charge >= 0.3 is 5.97 Å². The smallest absolute Gasteiger partial charge is 0.324 e. The molecule has 14 heavy (non-hydrogen) atoms. The van der Waals surface area contributed by atoms with E-state index in [9.17, 15) is 4.79 Å². The molecule has 2 atom stereocenters. The summed E-state index contributed by atoms with van der Waals surface area (Å²) in [6, 6.07) is 0.245. The lowest BCUT2D eigenvalue weighted by Gasteiger charge is -2.26. The molecular weight excluding hydrogens is 180 g/mol. The first-order valence-corrected chi connectivity index (χ1v) is 5.02. The van der Waals surface area contributed by atoms with Gasteiger partial charge in [-0.25, -0.2) is 0 Å². The fourth-order valence-corrected chi connectivity index (χ4v) is 1.21. The molecule has 0 radical (unpaired) electrons. The van der Waals surface area contributed by atoms with Crippen LogP contribution in [-0.2, 0) is 9.53 Å². The first-order valence-electron chi connectivity index (χ1n) is 5.02. The fraction of sp³-hybridized carbons (Fsp3) is 0.900. The van der Waals surface area contributed by atoms with E-state index in [1.54, 1.807) is 7.05 Å². The molecule has 1 N–H and O–H groups in total. The SMILES string of the molecule is CCC(C)N(C)CC(NC)C(=O)OC. The predicted octanol–water partition coefficient (Wildman–Crippen LogP) is 0.478. The van der Waals surface area contributed by atoms with E-state index in [-0.39, 0.29) is 12.0 Å². The fourth-order valence-electron chi connectivity index (χ4n) is 1.21. The van der Waals surface area contributed by atoms with Gasteiger partial charge in [0.15, 0.2) is 0 Å². The number of hydrogen-bond acceptors (Lipinski definition) is 4. The summed E-state index contributed by atoms with van der Waals surface area (Å²) < 4.78 is 4.69. The Hall–Kier alpha value is -0.610. The molecule has 0 aromatic heterocycles. The minimum Gasteiger partial charge on any atom is -0.468 e. The van der Waals surface area contributed by atoms with Gasteiger partial charge in [0, 0.05) is 12.6 Å². The summed E-state index contributed by atoms with van der Waals surface area (Å²) >= 11 is 0. The highest BCUT2D eigenvalue weighted by atomic mass is 16.5. The van der Waals surface area contributed by atoms with E-state index in [0.717, 1.165) is 6.42 Å². The van der Waals surface area contributed by atoms with Gasteiger partial charge in [0.1, 0.15) is 6.04 Å². The average molecular weight is 202 g/mol. The van der Waals surface area contributed by atoms with Crippen LogP contribution in [0.1, 0.15) is 20.3 Å². The summed E-state index contributed by atoms with van der Waals surface area (Å²) in [6.07, 6.45) is 1.08. The third-order valence-corrected chi connectivity index (χ3v) is 2.65. The molecule has 0 rings (SSSR count). The largest absolute Gasteiger partial charge is 0.468 e. The van der Waals surface area contributed by atoms with Gasteiger partial charge in [0.25, 0.3) is 0 Å². The number of rotatable bonds is 6. The molecule has 0 saturated heterocycles. The zero-order valence-electron chi connectivity index (χ0n) is 9.83. The van der Waals surface area contributed by atoms with Crippen molar-refractivity contribution in [3.8, 4) is 0 Å². The van der Waals surface area contributed by atoms with E-state index in [1.165, 1.54) is 7.11 Å². The number of nitrogens with zero attached hydrogens (tertiary/aromatic N) is 1. The van der Waals surface area contributed by atoms with Crippen LogP contribution in [-0.4, -0.2) is 50.7 Å². The maximum absolute atomic E-state index is 11.3. The highest BCUT2D eigenvalue weighted by Gasteiger charge is 2.20. The Balaban J connectivity index is 4.10.